The third-order valence-electron chi connectivity index (χ3n) is 3.02. The Morgan fingerprint density at radius 1 is 1.09 bits per heavy atom. The number of carbonyl (C=O) groups excluding carboxylic acids is 1. The zero-order chi connectivity index (χ0) is 15.8. The predicted octanol–water partition coefficient (Wildman–Crippen LogP) is 3.82. The number of thioether (sulfide) groups is 1. The number of hydrogen-bond donors (Lipinski definition) is 1. The Morgan fingerprint density at radius 3 is 2.55 bits per heavy atom. The quantitative estimate of drug-likeness (QED) is 0.789. The topological polar surface area (TPSA) is 47.6 Å². The highest BCUT2D eigenvalue weighted by molar-refractivity contribution is 7.99. The summed E-state index contributed by atoms with van der Waals surface area (Å²) in [6.45, 7) is 0. The standard InChI is InChI=1S/C17H19NO3S/c1-20-13-8-9-15(16(12-13)21-2)18-17(19)10-11-22-14-6-4-3-5-7-14/h3-9,12H,10-11H2,1-2H3,(H,18,19). The summed E-state index contributed by atoms with van der Waals surface area (Å²) in [7, 11) is 3.16. The van der Waals surface area contributed by atoms with E-state index in [1.54, 1.807) is 44.2 Å². The van der Waals surface area contributed by atoms with Crippen molar-refractivity contribution in [2.24, 2.45) is 0 Å². The summed E-state index contributed by atoms with van der Waals surface area (Å²) in [6, 6.07) is 15.3. The van der Waals surface area contributed by atoms with Gasteiger partial charge in [0.15, 0.2) is 0 Å². The molecule has 0 atom stereocenters. The lowest BCUT2D eigenvalue weighted by Gasteiger charge is -2.11. The van der Waals surface area contributed by atoms with E-state index in [4.69, 9.17) is 9.47 Å². The first-order valence-corrected chi connectivity index (χ1v) is 7.91. The van der Waals surface area contributed by atoms with Gasteiger partial charge in [0, 0.05) is 23.1 Å². The largest absolute Gasteiger partial charge is 0.497 e. The van der Waals surface area contributed by atoms with Gasteiger partial charge < -0.3 is 14.8 Å². The van der Waals surface area contributed by atoms with Crippen molar-refractivity contribution in [3.8, 4) is 11.5 Å². The molecule has 5 heteroatoms. The number of nitrogens with one attached hydrogen (secondary N) is 1. The molecule has 2 aromatic rings. The molecule has 0 aliphatic carbocycles. The van der Waals surface area contributed by atoms with Gasteiger partial charge in [-0.2, -0.15) is 0 Å². The minimum absolute atomic E-state index is 0.0353. The minimum atomic E-state index is -0.0353. The van der Waals surface area contributed by atoms with Crippen LogP contribution in [0.2, 0.25) is 0 Å². The van der Waals surface area contributed by atoms with Gasteiger partial charge in [-0.05, 0) is 24.3 Å². The fourth-order valence-electron chi connectivity index (χ4n) is 1.89. The average molecular weight is 317 g/mol. The van der Waals surface area contributed by atoms with Crippen molar-refractivity contribution >= 4 is 23.4 Å². The van der Waals surface area contributed by atoms with Crippen LogP contribution in [0.5, 0.6) is 11.5 Å². The highest BCUT2D eigenvalue weighted by Crippen LogP contribution is 2.29. The molecule has 0 aromatic heterocycles. The monoisotopic (exact) mass is 317 g/mol. The lowest BCUT2D eigenvalue weighted by Crippen LogP contribution is -2.13. The molecule has 0 saturated carbocycles. The molecule has 116 valence electrons. The zero-order valence-corrected chi connectivity index (χ0v) is 13.5. The molecule has 0 fully saturated rings. The normalized spacial score (nSPS) is 10.1. The molecule has 0 unspecified atom stereocenters. The number of hydrogen-bond acceptors (Lipinski definition) is 4. The summed E-state index contributed by atoms with van der Waals surface area (Å²) in [6.07, 6.45) is 0.439. The Balaban J connectivity index is 1.86. The van der Waals surface area contributed by atoms with Crippen molar-refractivity contribution in [1.82, 2.24) is 0 Å². The maximum absolute atomic E-state index is 12.0. The minimum Gasteiger partial charge on any atom is -0.497 e. The molecular formula is C17H19NO3S. The Hall–Kier alpha value is -2.14. The summed E-state index contributed by atoms with van der Waals surface area (Å²) < 4.78 is 10.4. The van der Waals surface area contributed by atoms with Crippen LogP contribution in [0, 0.1) is 0 Å². The molecule has 1 amide bonds. The second kappa shape index (κ2) is 8.34. The van der Waals surface area contributed by atoms with E-state index < -0.39 is 0 Å². The van der Waals surface area contributed by atoms with Gasteiger partial charge in [0.25, 0.3) is 0 Å². The highest BCUT2D eigenvalue weighted by Gasteiger charge is 2.09. The second-order valence-corrected chi connectivity index (χ2v) is 5.69. The van der Waals surface area contributed by atoms with Gasteiger partial charge in [-0.15, -0.1) is 11.8 Å². The molecule has 0 heterocycles. The zero-order valence-electron chi connectivity index (χ0n) is 12.7. The van der Waals surface area contributed by atoms with E-state index in [-0.39, 0.29) is 5.91 Å². The lowest BCUT2D eigenvalue weighted by molar-refractivity contribution is -0.115. The van der Waals surface area contributed by atoms with Crippen LogP contribution in [-0.4, -0.2) is 25.9 Å². The number of rotatable bonds is 7. The van der Waals surface area contributed by atoms with Crippen LogP contribution in [-0.2, 0) is 4.79 Å². The van der Waals surface area contributed by atoms with Gasteiger partial charge >= 0.3 is 0 Å². The maximum Gasteiger partial charge on any atom is 0.225 e. The van der Waals surface area contributed by atoms with Gasteiger partial charge in [0.1, 0.15) is 11.5 Å². The molecule has 1 N–H and O–H groups in total. The first-order chi connectivity index (χ1) is 10.7. The predicted molar refractivity (Wildman–Crippen MR) is 90.0 cm³/mol. The first kappa shape index (κ1) is 16.2. The van der Waals surface area contributed by atoms with E-state index in [9.17, 15) is 4.79 Å². The summed E-state index contributed by atoms with van der Waals surface area (Å²) in [5.41, 5.74) is 0.651. The third kappa shape index (κ3) is 4.70. The van der Waals surface area contributed by atoms with E-state index in [1.165, 1.54) is 0 Å². The van der Waals surface area contributed by atoms with Crippen molar-refractivity contribution in [1.29, 1.82) is 0 Å². The number of ether oxygens (including phenoxy) is 2. The van der Waals surface area contributed by atoms with Crippen molar-refractivity contribution in [2.75, 3.05) is 25.3 Å². The molecule has 0 radical (unpaired) electrons. The smallest absolute Gasteiger partial charge is 0.225 e. The molecule has 0 spiro atoms. The summed E-state index contributed by atoms with van der Waals surface area (Å²) >= 11 is 1.66. The van der Waals surface area contributed by atoms with E-state index in [2.05, 4.69) is 5.32 Å². The number of carbonyl (C=O) groups is 1. The SMILES string of the molecule is COc1ccc(NC(=O)CCSc2ccccc2)c(OC)c1. The van der Waals surface area contributed by atoms with Gasteiger partial charge in [0.2, 0.25) is 5.91 Å². The molecule has 2 rings (SSSR count). The lowest BCUT2D eigenvalue weighted by atomic mass is 10.2. The highest BCUT2D eigenvalue weighted by atomic mass is 32.2. The number of amides is 1. The number of benzene rings is 2. The Morgan fingerprint density at radius 2 is 1.86 bits per heavy atom. The van der Waals surface area contributed by atoms with Crippen LogP contribution in [0.3, 0.4) is 0 Å². The fraction of sp³-hybridized carbons (Fsp3) is 0.235. The van der Waals surface area contributed by atoms with Crippen molar-refractivity contribution < 1.29 is 14.3 Å². The Bertz CT molecular complexity index is 617. The van der Waals surface area contributed by atoms with E-state index in [0.29, 0.717) is 23.6 Å². The van der Waals surface area contributed by atoms with E-state index >= 15 is 0 Å². The molecular weight excluding hydrogens is 298 g/mol. The maximum atomic E-state index is 12.0. The van der Waals surface area contributed by atoms with Crippen LogP contribution in [0.4, 0.5) is 5.69 Å². The van der Waals surface area contributed by atoms with Gasteiger partial charge in [-0.1, -0.05) is 18.2 Å². The molecule has 2 aromatic carbocycles. The van der Waals surface area contributed by atoms with Crippen molar-refractivity contribution in [3.05, 3.63) is 48.5 Å². The fourth-order valence-corrected chi connectivity index (χ4v) is 2.77. The molecule has 0 aliphatic heterocycles. The van der Waals surface area contributed by atoms with Crippen molar-refractivity contribution in [2.45, 2.75) is 11.3 Å². The van der Waals surface area contributed by atoms with Gasteiger partial charge in [0.05, 0.1) is 19.9 Å². The Labute approximate surface area is 134 Å². The summed E-state index contributed by atoms with van der Waals surface area (Å²) in [4.78, 5) is 13.2. The average Bonchev–Trinajstić information content (AvgIpc) is 2.56. The third-order valence-corrected chi connectivity index (χ3v) is 4.04. The van der Waals surface area contributed by atoms with Crippen LogP contribution in [0.25, 0.3) is 0 Å². The Kier molecular flexibility index (Phi) is 6.15. The molecule has 0 bridgehead atoms. The first-order valence-electron chi connectivity index (χ1n) is 6.92. The summed E-state index contributed by atoms with van der Waals surface area (Å²) in [5.74, 6) is 1.97. The number of methoxy groups -OCH3 is 2. The van der Waals surface area contributed by atoms with Crippen LogP contribution < -0.4 is 14.8 Å². The van der Waals surface area contributed by atoms with Gasteiger partial charge in [-0.25, -0.2) is 0 Å². The van der Waals surface area contributed by atoms with Crippen LogP contribution in [0.15, 0.2) is 53.4 Å². The molecule has 0 aliphatic rings. The number of anilines is 1. The van der Waals surface area contributed by atoms with Crippen LogP contribution in [0.1, 0.15) is 6.42 Å². The van der Waals surface area contributed by atoms with E-state index in [1.807, 2.05) is 30.3 Å². The van der Waals surface area contributed by atoms with Gasteiger partial charge in [-0.3, -0.25) is 4.79 Å². The van der Waals surface area contributed by atoms with E-state index in [0.717, 1.165) is 10.6 Å². The second-order valence-electron chi connectivity index (χ2n) is 4.53. The molecule has 4 nitrogen and oxygen atoms in total. The summed E-state index contributed by atoms with van der Waals surface area (Å²) in [5, 5.41) is 2.87. The molecule has 22 heavy (non-hydrogen) atoms. The van der Waals surface area contributed by atoms with Crippen molar-refractivity contribution in [3.63, 3.8) is 0 Å². The van der Waals surface area contributed by atoms with Crippen LogP contribution >= 0.6 is 11.8 Å². The molecule has 0 saturated heterocycles.